The molecular weight excluding hydrogens is 340 g/mol. The Bertz CT molecular complexity index is 683. The van der Waals surface area contributed by atoms with E-state index in [0.29, 0.717) is 17.5 Å². The molecular formula is C19H23ClN2O3. The third-order valence-corrected chi connectivity index (χ3v) is 6.83. The Balaban J connectivity index is 1.37. The number of hydrogen-bond acceptors (Lipinski definition) is 3. The Morgan fingerprint density at radius 3 is 2.36 bits per heavy atom. The molecule has 0 unspecified atom stereocenters. The third-order valence-electron chi connectivity index (χ3n) is 6.51. The summed E-state index contributed by atoms with van der Waals surface area (Å²) in [7, 11) is 0. The summed E-state index contributed by atoms with van der Waals surface area (Å²) >= 11 is 5.80. The topological polar surface area (TPSA) is 72.2 Å². The predicted octanol–water partition coefficient (Wildman–Crippen LogP) is 4.58. The van der Waals surface area contributed by atoms with Crippen LogP contribution in [0.15, 0.2) is 18.2 Å². The lowest BCUT2D eigenvalue weighted by molar-refractivity contribution is -0.384. The molecule has 134 valence electrons. The van der Waals surface area contributed by atoms with E-state index in [0.717, 1.165) is 24.2 Å². The van der Waals surface area contributed by atoms with Crippen LogP contribution in [-0.2, 0) is 0 Å². The molecule has 5 nitrogen and oxygen atoms in total. The van der Waals surface area contributed by atoms with E-state index in [1.54, 1.807) is 0 Å². The van der Waals surface area contributed by atoms with Gasteiger partial charge in [-0.25, -0.2) is 0 Å². The molecule has 5 rings (SSSR count). The van der Waals surface area contributed by atoms with Gasteiger partial charge in [0.25, 0.3) is 11.6 Å². The minimum absolute atomic E-state index is 0.0510. The summed E-state index contributed by atoms with van der Waals surface area (Å²) in [5.41, 5.74) is 0.491. The first-order valence-corrected chi connectivity index (χ1v) is 9.54. The highest BCUT2D eigenvalue weighted by Gasteiger charge is 2.50. The fourth-order valence-electron chi connectivity index (χ4n) is 5.93. The quantitative estimate of drug-likeness (QED) is 0.615. The molecule has 0 aromatic heterocycles. The van der Waals surface area contributed by atoms with Crippen molar-refractivity contribution >= 4 is 23.2 Å². The van der Waals surface area contributed by atoms with Gasteiger partial charge in [0.2, 0.25) is 0 Å². The van der Waals surface area contributed by atoms with Crippen molar-refractivity contribution in [3.63, 3.8) is 0 Å². The molecule has 1 amide bonds. The number of nitrogens with one attached hydrogen (secondary N) is 1. The SMILES string of the molecule is O=C(NCCC12CC3CC(CC(C3)C1)C2)c1ccc(Cl)c([N+](=O)[O-])c1. The highest BCUT2D eigenvalue weighted by Crippen LogP contribution is 2.61. The van der Waals surface area contributed by atoms with E-state index in [-0.39, 0.29) is 16.6 Å². The normalized spacial score (nSPS) is 32.6. The zero-order valence-electron chi connectivity index (χ0n) is 14.2. The Labute approximate surface area is 152 Å². The van der Waals surface area contributed by atoms with Gasteiger partial charge in [-0.05, 0) is 80.2 Å². The van der Waals surface area contributed by atoms with Crippen LogP contribution >= 0.6 is 11.6 Å². The molecule has 4 aliphatic rings. The fourth-order valence-corrected chi connectivity index (χ4v) is 6.12. The van der Waals surface area contributed by atoms with Gasteiger partial charge in [0, 0.05) is 18.2 Å². The van der Waals surface area contributed by atoms with Gasteiger partial charge in [0.1, 0.15) is 5.02 Å². The molecule has 4 saturated carbocycles. The molecule has 6 heteroatoms. The number of hydrogen-bond donors (Lipinski definition) is 1. The van der Waals surface area contributed by atoms with E-state index in [2.05, 4.69) is 5.32 Å². The van der Waals surface area contributed by atoms with Crippen LogP contribution in [0.25, 0.3) is 0 Å². The Morgan fingerprint density at radius 2 is 1.80 bits per heavy atom. The second kappa shape index (κ2) is 6.27. The highest BCUT2D eigenvalue weighted by molar-refractivity contribution is 6.32. The number of nitrogens with zero attached hydrogens (tertiary/aromatic N) is 1. The zero-order valence-corrected chi connectivity index (χ0v) is 14.9. The van der Waals surface area contributed by atoms with Crippen LogP contribution in [0.5, 0.6) is 0 Å². The average Bonchev–Trinajstić information content (AvgIpc) is 2.53. The van der Waals surface area contributed by atoms with Crippen molar-refractivity contribution in [1.82, 2.24) is 5.32 Å². The molecule has 0 aliphatic heterocycles. The number of nitro groups is 1. The van der Waals surface area contributed by atoms with Crippen LogP contribution < -0.4 is 5.32 Å². The van der Waals surface area contributed by atoms with Gasteiger partial charge in [-0.1, -0.05) is 11.6 Å². The highest BCUT2D eigenvalue weighted by atomic mass is 35.5. The summed E-state index contributed by atoms with van der Waals surface area (Å²) in [5, 5.41) is 14.0. The maximum absolute atomic E-state index is 12.3. The molecule has 0 atom stereocenters. The predicted molar refractivity (Wildman–Crippen MR) is 95.7 cm³/mol. The van der Waals surface area contributed by atoms with Gasteiger partial charge in [-0.15, -0.1) is 0 Å². The molecule has 1 N–H and O–H groups in total. The molecule has 0 heterocycles. The third kappa shape index (κ3) is 3.26. The lowest BCUT2D eigenvalue weighted by Crippen LogP contribution is -2.47. The van der Waals surface area contributed by atoms with E-state index in [1.165, 1.54) is 56.7 Å². The standard InChI is InChI=1S/C19H23ClN2O3/c20-16-2-1-15(8-17(16)22(24)25)18(23)21-4-3-19-9-12-5-13(10-19)7-14(6-12)11-19/h1-2,8,12-14H,3-7,9-11H2,(H,21,23). The van der Waals surface area contributed by atoms with E-state index in [9.17, 15) is 14.9 Å². The summed E-state index contributed by atoms with van der Waals surface area (Å²) in [6.07, 6.45) is 9.24. The maximum atomic E-state index is 12.3. The molecule has 4 bridgehead atoms. The summed E-state index contributed by atoms with van der Waals surface area (Å²) in [6, 6.07) is 4.20. The van der Waals surface area contributed by atoms with Crippen molar-refractivity contribution < 1.29 is 9.72 Å². The van der Waals surface area contributed by atoms with Crippen LogP contribution in [0, 0.1) is 33.3 Å². The van der Waals surface area contributed by atoms with E-state index < -0.39 is 4.92 Å². The lowest BCUT2D eigenvalue weighted by Gasteiger charge is -2.57. The zero-order chi connectivity index (χ0) is 17.6. The van der Waals surface area contributed by atoms with Crippen LogP contribution in [0.4, 0.5) is 5.69 Å². The van der Waals surface area contributed by atoms with Crippen molar-refractivity contribution in [2.24, 2.45) is 23.2 Å². The van der Waals surface area contributed by atoms with Crippen LogP contribution in [-0.4, -0.2) is 17.4 Å². The minimum atomic E-state index is -0.561. The molecule has 1 aromatic rings. The van der Waals surface area contributed by atoms with Crippen LogP contribution in [0.3, 0.4) is 0 Å². The van der Waals surface area contributed by atoms with Crippen molar-refractivity contribution in [1.29, 1.82) is 0 Å². The monoisotopic (exact) mass is 362 g/mol. The molecule has 0 radical (unpaired) electrons. The number of rotatable bonds is 5. The molecule has 4 fully saturated rings. The van der Waals surface area contributed by atoms with E-state index in [4.69, 9.17) is 11.6 Å². The number of nitro benzene ring substituents is 1. The van der Waals surface area contributed by atoms with Crippen molar-refractivity contribution in [2.75, 3.05) is 6.54 Å². The minimum Gasteiger partial charge on any atom is -0.352 e. The van der Waals surface area contributed by atoms with Gasteiger partial charge in [0.05, 0.1) is 4.92 Å². The van der Waals surface area contributed by atoms with Gasteiger partial charge in [0.15, 0.2) is 0 Å². The largest absolute Gasteiger partial charge is 0.352 e. The summed E-state index contributed by atoms with van der Waals surface area (Å²) < 4.78 is 0. The average molecular weight is 363 g/mol. The first-order chi connectivity index (χ1) is 11.9. The molecule has 1 aromatic carbocycles. The van der Waals surface area contributed by atoms with E-state index in [1.807, 2.05) is 0 Å². The van der Waals surface area contributed by atoms with E-state index >= 15 is 0 Å². The number of amides is 1. The molecule has 0 spiro atoms. The summed E-state index contributed by atoms with van der Waals surface area (Å²) in [4.78, 5) is 22.7. The molecule has 25 heavy (non-hydrogen) atoms. The Morgan fingerprint density at radius 1 is 1.20 bits per heavy atom. The first-order valence-electron chi connectivity index (χ1n) is 9.16. The Kier molecular flexibility index (Phi) is 4.22. The molecule has 4 aliphatic carbocycles. The number of benzene rings is 1. The van der Waals surface area contributed by atoms with Crippen molar-refractivity contribution in [2.45, 2.75) is 44.9 Å². The fraction of sp³-hybridized carbons (Fsp3) is 0.632. The van der Waals surface area contributed by atoms with Crippen LogP contribution in [0.2, 0.25) is 5.02 Å². The Hall–Kier alpha value is -1.62. The van der Waals surface area contributed by atoms with Crippen LogP contribution in [0.1, 0.15) is 55.3 Å². The number of carbonyl (C=O) groups is 1. The number of halogens is 1. The second-order valence-electron chi connectivity index (χ2n) is 8.35. The first kappa shape index (κ1) is 16.8. The van der Waals surface area contributed by atoms with Gasteiger partial charge in [-0.2, -0.15) is 0 Å². The van der Waals surface area contributed by atoms with Gasteiger partial charge in [-0.3, -0.25) is 14.9 Å². The molecule has 0 saturated heterocycles. The second-order valence-corrected chi connectivity index (χ2v) is 8.75. The lowest BCUT2D eigenvalue weighted by atomic mass is 9.49. The summed E-state index contributed by atoms with van der Waals surface area (Å²) in [5.74, 6) is 2.45. The van der Waals surface area contributed by atoms with Gasteiger partial charge < -0.3 is 5.32 Å². The summed E-state index contributed by atoms with van der Waals surface area (Å²) in [6.45, 7) is 0.640. The van der Waals surface area contributed by atoms with Gasteiger partial charge >= 0.3 is 0 Å². The van der Waals surface area contributed by atoms with Crippen molar-refractivity contribution in [3.8, 4) is 0 Å². The number of carbonyl (C=O) groups excluding carboxylic acids is 1. The smallest absolute Gasteiger partial charge is 0.288 e. The van der Waals surface area contributed by atoms with Crippen molar-refractivity contribution in [3.05, 3.63) is 38.9 Å². The maximum Gasteiger partial charge on any atom is 0.288 e.